The molecule has 0 aromatic heterocycles. The van der Waals surface area contributed by atoms with Crippen molar-refractivity contribution in [2.75, 3.05) is 39.9 Å². The third-order valence-electron chi connectivity index (χ3n) is 3.62. The molecule has 2 rings (SSSR count). The molecule has 1 saturated carbocycles. The van der Waals surface area contributed by atoms with Gasteiger partial charge >= 0.3 is 0 Å². The van der Waals surface area contributed by atoms with E-state index in [-0.39, 0.29) is 0 Å². The summed E-state index contributed by atoms with van der Waals surface area (Å²) in [5.74, 6) is 1.07. The molecule has 4 nitrogen and oxygen atoms in total. The number of nitrogens with zero attached hydrogens (tertiary/aromatic N) is 2. The quantitative estimate of drug-likeness (QED) is 0.687. The van der Waals surface area contributed by atoms with Crippen LogP contribution in [0.5, 0.6) is 0 Å². The Labute approximate surface area is 98.1 Å². The Morgan fingerprint density at radius 3 is 2.88 bits per heavy atom. The van der Waals surface area contributed by atoms with Gasteiger partial charge in [-0.25, -0.2) is 0 Å². The van der Waals surface area contributed by atoms with Crippen LogP contribution in [0.15, 0.2) is 4.99 Å². The summed E-state index contributed by atoms with van der Waals surface area (Å²) in [5, 5.41) is 3.48. The largest absolute Gasteiger partial charge is 0.382 e. The van der Waals surface area contributed by atoms with Crippen molar-refractivity contribution in [3.8, 4) is 0 Å². The molecule has 4 heteroatoms. The highest BCUT2D eigenvalue weighted by atomic mass is 16.5. The van der Waals surface area contributed by atoms with E-state index in [1.54, 1.807) is 0 Å². The fourth-order valence-corrected chi connectivity index (χ4v) is 2.11. The molecule has 1 heterocycles. The zero-order chi connectivity index (χ0) is 11.4. The van der Waals surface area contributed by atoms with Gasteiger partial charge in [0.2, 0.25) is 0 Å². The second-order valence-electron chi connectivity index (χ2n) is 4.93. The van der Waals surface area contributed by atoms with E-state index < -0.39 is 0 Å². The van der Waals surface area contributed by atoms with Crippen molar-refractivity contribution < 1.29 is 4.74 Å². The third kappa shape index (κ3) is 2.88. The van der Waals surface area contributed by atoms with E-state index >= 15 is 0 Å². The second-order valence-corrected chi connectivity index (χ2v) is 4.93. The number of hydrogen-bond acceptors (Lipinski definition) is 4. The summed E-state index contributed by atoms with van der Waals surface area (Å²) < 4.78 is 5.43. The molecule has 0 bridgehead atoms. The van der Waals surface area contributed by atoms with Gasteiger partial charge in [-0.2, -0.15) is 0 Å². The highest BCUT2D eigenvalue weighted by Crippen LogP contribution is 2.48. The maximum absolute atomic E-state index is 5.43. The molecule has 0 saturated heterocycles. The average Bonchev–Trinajstić information content (AvgIpc) is 2.93. The number of hydrogen-bond donors (Lipinski definition) is 1. The zero-order valence-electron chi connectivity index (χ0n) is 10.5. The molecule has 92 valence electrons. The van der Waals surface area contributed by atoms with Gasteiger partial charge in [0.05, 0.1) is 6.54 Å². The molecule has 1 fully saturated rings. The van der Waals surface area contributed by atoms with Crippen LogP contribution < -0.4 is 5.32 Å². The molecule has 0 spiro atoms. The summed E-state index contributed by atoms with van der Waals surface area (Å²) in [4.78, 5) is 6.64. The summed E-state index contributed by atoms with van der Waals surface area (Å²) in [6, 6.07) is 0. The van der Waals surface area contributed by atoms with Crippen LogP contribution >= 0.6 is 0 Å². The Morgan fingerprint density at radius 1 is 1.50 bits per heavy atom. The number of rotatable bonds is 6. The highest BCUT2D eigenvalue weighted by Gasteiger charge is 2.42. The fraction of sp³-hybridized carbons (Fsp3) is 0.917. The summed E-state index contributed by atoms with van der Waals surface area (Å²) in [6.45, 7) is 6.84. The van der Waals surface area contributed by atoms with Crippen LogP contribution in [0.2, 0.25) is 0 Å². The predicted molar refractivity (Wildman–Crippen MR) is 65.7 cm³/mol. The maximum atomic E-state index is 5.43. The van der Waals surface area contributed by atoms with Gasteiger partial charge in [-0.15, -0.1) is 0 Å². The number of likely N-dealkylation sites (N-methyl/N-ethyl adjacent to an activating group) is 1. The topological polar surface area (TPSA) is 36.9 Å². The molecule has 2 aliphatic rings. The first-order valence-corrected chi connectivity index (χ1v) is 6.33. The van der Waals surface area contributed by atoms with Crippen LogP contribution in [0, 0.1) is 5.41 Å². The standard InChI is InChI=1S/C12H23N3O/c1-3-16-9-6-12(4-5-12)10-14-11-13-7-8-15(11)2/h3-10H2,1-2H3,(H,13,14). The van der Waals surface area contributed by atoms with Crippen molar-refractivity contribution in [3.05, 3.63) is 0 Å². The Kier molecular flexibility index (Phi) is 3.69. The number of nitrogens with one attached hydrogen (secondary N) is 1. The molecule has 0 amide bonds. The van der Waals surface area contributed by atoms with E-state index in [4.69, 9.17) is 4.74 Å². The van der Waals surface area contributed by atoms with Crippen LogP contribution in [-0.2, 0) is 4.74 Å². The van der Waals surface area contributed by atoms with E-state index in [1.807, 2.05) is 0 Å². The van der Waals surface area contributed by atoms with Gasteiger partial charge in [0.1, 0.15) is 0 Å². The molecule has 1 aliphatic heterocycles. The van der Waals surface area contributed by atoms with Gasteiger partial charge in [0.15, 0.2) is 5.96 Å². The first-order valence-electron chi connectivity index (χ1n) is 6.33. The Morgan fingerprint density at radius 2 is 2.31 bits per heavy atom. The summed E-state index contributed by atoms with van der Waals surface area (Å²) in [6.07, 6.45) is 3.86. The minimum atomic E-state index is 0.501. The Hall–Kier alpha value is -0.770. The number of ether oxygens (including phenoxy) is 1. The lowest BCUT2D eigenvalue weighted by molar-refractivity contribution is 0.128. The molecular weight excluding hydrogens is 202 g/mol. The molecule has 16 heavy (non-hydrogen) atoms. The van der Waals surface area contributed by atoms with Crippen molar-refractivity contribution in [1.29, 1.82) is 0 Å². The minimum absolute atomic E-state index is 0.501. The smallest absolute Gasteiger partial charge is 0.193 e. The minimum Gasteiger partial charge on any atom is -0.382 e. The van der Waals surface area contributed by atoms with Gasteiger partial charge < -0.3 is 15.0 Å². The monoisotopic (exact) mass is 225 g/mol. The Balaban J connectivity index is 1.69. The van der Waals surface area contributed by atoms with Crippen LogP contribution in [0.1, 0.15) is 26.2 Å². The molecule has 0 unspecified atom stereocenters. The third-order valence-corrected chi connectivity index (χ3v) is 3.62. The normalized spacial score (nSPS) is 22.1. The van der Waals surface area contributed by atoms with Gasteiger partial charge in [0.25, 0.3) is 0 Å². The van der Waals surface area contributed by atoms with E-state index in [9.17, 15) is 0 Å². The van der Waals surface area contributed by atoms with E-state index in [0.717, 1.165) is 38.8 Å². The molecule has 0 radical (unpaired) electrons. The van der Waals surface area contributed by atoms with Gasteiger partial charge in [-0.3, -0.25) is 4.99 Å². The van der Waals surface area contributed by atoms with Crippen LogP contribution in [-0.4, -0.2) is 50.8 Å². The molecule has 1 N–H and O–H groups in total. The molecular formula is C12H23N3O. The van der Waals surface area contributed by atoms with E-state index in [2.05, 4.69) is 29.2 Å². The SMILES string of the molecule is CCOCCC1(CNC2=NCCN2C)CC1. The van der Waals surface area contributed by atoms with Crippen molar-refractivity contribution >= 4 is 5.96 Å². The van der Waals surface area contributed by atoms with Crippen molar-refractivity contribution in [3.63, 3.8) is 0 Å². The second kappa shape index (κ2) is 5.04. The lowest BCUT2D eigenvalue weighted by Gasteiger charge is -2.20. The summed E-state index contributed by atoms with van der Waals surface area (Å²) in [5.41, 5.74) is 0.501. The Bertz CT molecular complexity index is 261. The first-order chi connectivity index (χ1) is 7.76. The number of aliphatic imine (C=N–C) groups is 1. The van der Waals surface area contributed by atoms with Crippen molar-refractivity contribution in [1.82, 2.24) is 10.2 Å². The van der Waals surface area contributed by atoms with Crippen molar-refractivity contribution in [2.24, 2.45) is 10.4 Å². The molecule has 0 aromatic rings. The lowest BCUT2D eigenvalue weighted by atomic mass is 10.0. The predicted octanol–water partition coefficient (Wildman–Crippen LogP) is 1.08. The van der Waals surface area contributed by atoms with E-state index in [0.29, 0.717) is 5.41 Å². The average molecular weight is 225 g/mol. The van der Waals surface area contributed by atoms with Crippen molar-refractivity contribution in [2.45, 2.75) is 26.2 Å². The summed E-state index contributed by atoms with van der Waals surface area (Å²) >= 11 is 0. The van der Waals surface area contributed by atoms with Crippen LogP contribution in [0.4, 0.5) is 0 Å². The van der Waals surface area contributed by atoms with Gasteiger partial charge in [-0.05, 0) is 31.6 Å². The highest BCUT2D eigenvalue weighted by molar-refractivity contribution is 5.81. The molecule has 0 aromatic carbocycles. The summed E-state index contributed by atoms with van der Waals surface area (Å²) in [7, 11) is 2.10. The van der Waals surface area contributed by atoms with Crippen LogP contribution in [0.3, 0.4) is 0 Å². The molecule has 0 atom stereocenters. The maximum Gasteiger partial charge on any atom is 0.193 e. The van der Waals surface area contributed by atoms with Gasteiger partial charge in [-0.1, -0.05) is 0 Å². The van der Waals surface area contributed by atoms with E-state index in [1.165, 1.54) is 19.3 Å². The lowest BCUT2D eigenvalue weighted by Crippen LogP contribution is -2.39. The first kappa shape index (κ1) is 11.7. The van der Waals surface area contributed by atoms with Gasteiger partial charge in [0, 0.05) is 33.4 Å². The zero-order valence-corrected chi connectivity index (χ0v) is 10.5. The number of guanidine groups is 1. The van der Waals surface area contributed by atoms with Crippen LogP contribution in [0.25, 0.3) is 0 Å². The fourth-order valence-electron chi connectivity index (χ4n) is 2.11. The molecule has 1 aliphatic carbocycles.